The van der Waals surface area contributed by atoms with E-state index in [1.807, 2.05) is 24.3 Å². The topological polar surface area (TPSA) is 58.6 Å². The highest BCUT2D eigenvalue weighted by Crippen LogP contribution is 2.17. The molecule has 0 unspecified atom stereocenters. The predicted octanol–water partition coefficient (Wildman–Crippen LogP) is 2.21. The van der Waals surface area contributed by atoms with E-state index in [0.717, 1.165) is 11.3 Å². The highest BCUT2D eigenvalue weighted by molar-refractivity contribution is 5.66. The third-order valence-corrected chi connectivity index (χ3v) is 2.39. The van der Waals surface area contributed by atoms with Gasteiger partial charge < -0.3 is 15.2 Å². The first-order valence-electron chi connectivity index (χ1n) is 5.98. The summed E-state index contributed by atoms with van der Waals surface area (Å²) in [5, 5.41) is 11.7. The van der Waals surface area contributed by atoms with Gasteiger partial charge in [-0.3, -0.25) is 4.79 Å². The highest BCUT2D eigenvalue weighted by Gasteiger charge is 2.02. The molecule has 0 amide bonds. The fourth-order valence-electron chi connectivity index (χ4n) is 1.53. The van der Waals surface area contributed by atoms with E-state index in [0.29, 0.717) is 26.1 Å². The fraction of sp³-hybridized carbons (Fsp3) is 0.357. The molecule has 4 heteroatoms. The molecule has 2 N–H and O–H groups in total. The van der Waals surface area contributed by atoms with E-state index in [2.05, 4.69) is 11.9 Å². The third kappa shape index (κ3) is 5.50. The van der Waals surface area contributed by atoms with Crippen molar-refractivity contribution in [3.63, 3.8) is 0 Å². The lowest BCUT2D eigenvalue weighted by Crippen LogP contribution is -2.16. The van der Waals surface area contributed by atoms with Gasteiger partial charge in [-0.15, -0.1) is 0 Å². The zero-order valence-electron chi connectivity index (χ0n) is 10.4. The number of aliphatic carboxylic acids is 1. The van der Waals surface area contributed by atoms with E-state index < -0.39 is 5.97 Å². The van der Waals surface area contributed by atoms with Crippen LogP contribution >= 0.6 is 0 Å². The van der Waals surface area contributed by atoms with E-state index in [9.17, 15) is 4.79 Å². The molecule has 4 nitrogen and oxygen atoms in total. The molecule has 0 aromatic heterocycles. The molecule has 0 bridgehead atoms. The van der Waals surface area contributed by atoms with Crippen LogP contribution in [0.3, 0.4) is 0 Å². The lowest BCUT2D eigenvalue weighted by Gasteiger charge is -2.10. The van der Waals surface area contributed by atoms with Crippen molar-refractivity contribution in [3.8, 4) is 5.75 Å². The van der Waals surface area contributed by atoms with Crippen LogP contribution in [0.25, 0.3) is 0 Å². The molecule has 0 aliphatic rings. The van der Waals surface area contributed by atoms with Gasteiger partial charge in [0.25, 0.3) is 0 Å². The molecule has 0 spiro atoms. The molecule has 0 aliphatic heterocycles. The summed E-state index contributed by atoms with van der Waals surface area (Å²) < 4.78 is 5.53. The highest BCUT2D eigenvalue weighted by atomic mass is 16.5. The summed E-state index contributed by atoms with van der Waals surface area (Å²) in [5.41, 5.74) is 1.06. The van der Waals surface area contributed by atoms with Crippen molar-refractivity contribution < 1.29 is 14.6 Å². The number of carbonyl (C=O) groups is 1. The zero-order chi connectivity index (χ0) is 13.2. The van der Waals surface area contributed by atoms with Crippen LogP contribution in [0.5, 0.6) is 5.75 Å². The third-order valence-electron chi connectivity index (χ3n) is 2.39. The number of hydrogen-bond donors (Lipinski definition) is 2. The van der Waals surface area contributed by atoms with Gasteiger partial charge >= 0.3 is 5.97 Å². The SMILES string of the molecule is C=CCOc1ccccc1CNCCCC(=O)O. The van der Waals surface area contributed by atoms with E-state index in [1.165, 1.54) is 0 Å². The van der Waals surface area contributed by atoms with Crippen LogP contribution in [-0.2, 0) is 11.3 Å². The van der Waals surface area contributed by atoms with E-state index >= 15 is 0 Å². The summed E-state index contributed by atoms with van der Waals surface area (Å²) in [6.45, 7) is 5.45. The molecular weight excluding hydrogens is 230 g/mol. The van der Waals surface area contributed by atoms with Gasteiger partial charge in [-0.1, -0.05) is 30.9 Å². The second-order valence-corrected chi connectivity index (χ2v) is 3.88. The quantitative estimate of drug-likeness (QED) is 0.520. The van der Waals surface area contributed by atoms with Crippen molar-refractivity contribution in [2.45, 2.75) is 19.4 Å². The minimum Gasteiger partial charge on any atom is -0.489 e. The average Bonchev–Trinajstić information content (AvgIpc) is 2.36. The fourth-order valence-corrected chi connectivity index (χ4v) is 1.53. The molecule has 0 radical (unpaired) electrons. The second kappa shape index (κ2) is 8.31. The lowest BCUT2D eigenvalue weighted by atomic mass is 10.2. The van der Waals surface area contributed by atoms with Crippen LogP contribution in [0.15, 0.2) is 36.9 Å². The van der Waals surface area contributed by atoms with Crippen LogP contribution < -0.4 is 10.1 Å². The standard InChI is InChI=1S/C14H19NO3/c1-2-10-18-13-7-4-3-6-12(13)11-15-9-5-8-14(16)17/h2-4,6-7,15H,1,5,8-11H2,(H,16,17). The lowest BCUT2D eigenvalue weighted by molar-refractivity contribution is -0.137. The first-order valence-corrected chi connectivity index (χ1v) is 5.98. The van der Waals surface area contributed by atoms with Crippen LogP contribution in [0.4, 0.5) is 0 Å². The van der Waals surface area contributed by atoms with Crippen molar-refractivity contribution in [2.24, 2.45) is 0 Å². The molecule has 1 aromatic carbocycles. The number of carboxylic acid groups (broad SMARTS) is 1. The van der Waals surface area contributed by atoms with E-state index in [4.69, 9.17) is 9.84 Å². The van der Waals surface area contributed by atoms with Gasteiger partial charge in [0.2, 0.25) is 0 Å². The number of para-hydroxylation sites is 1. The minimum absolute atomic E-state index is 0.196. The van der Waals surface area contributed by atoms with Crippen molar-refractivity contribution in [3.05, 3.63) is 42.5 Å². The van der Waals surface area contributed by atoms with E-state index in [1.54, 1.807) is 6.08 Å². The Bertz CT molecular complexity index is 390. The predicted molar refractivity (Wildman–Crippen MR) is 70.7 cm³/mol. The maximum Gasteiger partial charge on any atom is 0.303 e. The Hall–Kier alpha value is -1.81. The van der Waals surface area contributed by atoms with E-state index in [-0.39, 0.29) is 6.42 Å². The Morgan fingerprint density at radius 1 is 1.44 bits per heavy atom. The summed E-state index contributed by atoms with van der Waals surface area (Å²) in [6, 6.07) is 7.78. The normalized spacial score (nSPS) is 10.0. The van der Waals surface area contributed by atoms with Crippen molar-refractivity contribution >= 4 is 5.97 Å². The molecular formula is C14H19NO3. The van der Waals surface area contributed by atoms with Gasteiger partial charge in [-0.2, -0.15) is 0 Å². The molecule has 98 valence electrons. The number of ether oxygens (including phenoxy) is 1. The largest absolute Gasteiger partial charge is 0.489 e. The van der Waals surface area contributed by atoms with Crippen molar-refractivity contribution in [1.82, 2.24) is 5.32 Å². The maximum absolute atomic E-state index is 10.3. The van der Waals surface area contributed by atoms with Gasteiger partial charge in [0.1, 0.15) is 12.4 Å². The van der Waals surface area contributed by atoms with Gasteiger partial charge in [-0.25, -0.2) is 0 Å². The summed E-state index contributed by atoms with van der Waals surface area (Å²) in [4.78, 5) is 10.3. The molecule has 0 heterocycles. The van der Waals surface area contributed by atoms with Crippen LogP contribution in [0.1, 0.15) is 18.4 Å². The smallest absolute Gasteiger partial charge is 0.303 e. The van der Waals surface area contributed by atoms with Crippen LogP contribution in [-0.4, -0.2) is 24.2 Å². The Labute approximate surface area is 107 Å². The molecule has 0 fully saturated rings. The molecule has 0 saturated heterocycles. The maximum atomic E-state index is 10.3. The first-order chi connectivity index (χ1) is 8.74. The second-order valence-electron chi connectivity index (χ2n) is 3.88. The summed E-state index contributed by atoms with van der Waals surface area (Å²) >= 11 is 0. The molecule has 1 aromatic rings. The van der Waals surface area contributed by atoms with Crippen molar-refractivity contribution in [1.29, 1.82) is 0 Å². The molecule has 0 atom stereocenters. The first kappa shape index (κ1) is 14.3. The molecule has 18 heavy (non-hydrogen) atoms. The molecule has 0 aliphatic carbocycles. The van der Waals surface area contributed by atoms with Gasteiger partial charge in [0.05, 0.1) is 0 Å². The van der Waals surface area contributed by atoms with Crippen LogP contribution in [0, 0.1) is 0 Å². The Balaban J connectivity index is 2.36. The van der Waals surface area contributed by atoms with Crippen LogP contribution in [0.2, 0.25) is 0 Å². The number of hydrogen-bond acceptors (Lipinski definition) is 3. The molecule has 0 saturated carbocycles. The van der Waals surface area contributed by atoms with Crippen molar-refractivity contribution in [2.75, 3.05) is 13.2 Å². The zero-order valence-corrected chi connectivity index (χ0v) is 10.4. The van der Waals surface area contributed by atoms with Gasteiger partial charge in [0.15, 0.2) is 0 Å². The Morgan fingerprint density at radius 3 is 2.94 bits per heavy atom. The summed E-state index contributed by atoms with van der Waals surface area (Å²) in [5.74, 6) is 0.0784. The van der Waals surface area contributed by atoms with Gasteiger partial charge in [-0.05, 0) is 19.0 Å². The summed E-state index contributed by atoms with van der Waals surface area (Å²) in [7, 11) is 0. The number of rotatable bonds is 9. The summed E-state index contributed by atoms with van der Waals surface area (Å²) in [6.07, 6.45) is 2.53. The Morgan fingerprint density at radius 2 is 2.22 bits per heavy atom. The van der Waals surface area contributed by atoms with Gasteiger partial charge in [0, 0.05) is 18.5 Å². The Kier molecular flexibility index (Phi) is 6.58. The average molecular weight is 249 g/mol. The number of nitrogens with one attached hydrogen (secondary N) is 1. The number of benzene rings is 1. The number of carboxylic acids is 1. The monoisotopic (exact) mass is 249 g/mol. The molecule has 1 rings (SSSR count). The minimum atomic E-state index is -0.758.